The molecule has 0 aliphatic carbocycles. The van der Waals surface area contributed by atoms with Crippen LogP contribution in [0.15, 0.2) is 0 Å². The highest BCUT2D eigenvalue weighted by atomic mass is 16.7. The highest BCUT2D eigenvalue weighted by molar-refractivity contribution is 4.79. The molecule has 0 bridgehead atoms. The maximum atomic E-state index is 6.07. The predicted octanol–water partition coefficient (Wildman–Crippen LogP) is 5.48. The molecule has 0 aromatic carbocycles. The van der Waals surface area contributed by atoms with Gasteiger partial charge in [0.15, 0.2) is 5.79 Å². The number of unbranched alkanes of at least 4 members (excludes halogenated alkanes) is 5. The molecule has 0 heterocycles. The second kappa shape index (κ2) is 14.2. The van der Waals surface area contributed by atoms with E-state index in [0.717, 1.165) is 19.6 Å². The summed E-state index contributed by atoms with van der Waals surface area (Å²) in [6.45, 7) is 17.7. The van der Waals surface area contributed by atoms with Crippen LogP contribution in [0.4, 0.5) is 0 Å². The molecule has 0 aromatic rings. The normalized spacial score (nSPS) is 13.7. The van der Waals surface area contributed by atoms with Crippen LogP contribution < -0.4 is 0 Å². The van der Waals surface area contributed by atoms with Crippen molar-refractivity contribution in [2.24, 2.45) is 5.92 Å². The van der Waals surface area contributed by atoms with Gasteiger partial charge in [0.25, 0.3) is 0 Å². The van der Waals surface area contributed by atoms with Gasteiger partial charge in [0, 0.05) is 25.7 Å². The first kappa shape index (κ1) is 22.9. The highest BCUT2D eigenvalue weighted by Gasteiger charge is 2.36. The maximum absolute atomic E-state index is 6.07. The topological polar surface area (TPSA) is 21.7 Å². The fourth-order valence-corrected chi connectivity index (χ4v) is 3.33. The van der Waals surface area contributed by atoms with Crippen LogP contribution in [0.3, 0.4) is 0 Å². The van der Waals surface area contributed by atoms with Gasteiger partial charge in [-0.05, 0) is 40.3 Å². The molecule has 0 saturated carbocycles. The molecule has 0 radical (unpaired) electrons. The van der Waals surface area contributed by atoms with Crippen molar-refractivity contribution in [2.45, 2.75) is 92.3 Å². The van der Waals surface area contributed by atoms with E-state index >= 15 is 0 Å². The van der Waals surface area contributed by atoms with E-state index in [1.54, 1.807) is 0 Å². The van der Waals surface area contributed by atoms with E-state index in [2.05, 4.69) is 46.4 Å². The third kappa shape index (κ3) is 9.69. The second-order valence-electron chi connectivity index (χ2n) is 6.62. The van der Waals surface area contributed by atoms with Crippen LogP contribution in [0, 0.1) is 5.92 Å². The average Bonchev–Trinajstić information content (AvgIpc) is 2.54. The zero-order chi connectivity index (χ0) is 17.6. The number of nitrogens with zero attached hydrogens (tertiary/aromatic N) is 1. The van der Waals surface area contributed by atoms with E-state index in [1.807, 2.05) is 0 Å². The maximum Gasteiger partial charge on any atom is 0.169 e. The van der Waals surface area contributed by atoms with Crippen molar-refractivity contribution in [1.29, 1.82) is 0 Å². The van der Waals surface area contributed by atoms with Crippen LogP contribution in [-0.2, 0) is 9.47 Å². The molecule has 23 heavy (non-hydrogen) atoms. The van der Waals surface area contributed by atoms with E-state index in [-0.39, 0.29) is 0 Å². The molecule has 0 rings (SSSR count). The van der Waals surface area contributed by atoms with Gasteiger partial charge in [-0.25, -0.2) is 0 Å². The van der Waals surface area contributed by atoms with Gasteiger partial charge >= 0.3 is 0 Å². The largest absolute Gasteiger partial charge is 0.350 e. The molecule has 0 amide bonds. The van der Waals surface area contributed by atoms with Crippen LogP contribution in [0.2, 0.25) is 0 Å². The molecule has 0 N–H and O–H groups in total. The summed E-state index contributed by atoms with van der Waals surface area (Å²) in [4.78, 5) is 2.50. The molecule has 0 spiro atoms. The molecular weight excluding hydrogens is 286 g/mol. The summed E-state index contributed by atoms with van der Waals surface area (Å²) >= 11 is 0. The van der Waals surface area contributed by atoms with Gasteiger partial charge in [0.05, 0.1) is 0 Å². The first-order chi connectivity index (χ1) is 11.1. The van der Waals surface area contributed by atoms with Crippen LogP contribution in [0.25, 0.3) is 0 Å². The summed E-state index contributed by atoms with van der Waals surface area (Å²) in [6.07, 6.45) is 9.25. The Morgan fingerprint density at radius 3 is 1.78 bits per heavy atom. The standard InChI is InChI=1S/C20H43NO2/c1-7-12-13-14-15-16-17-19(18-21(8-2)9-3)20(6,22-10-4)23-11-5/h19H,7-18H2,1-6H3. The predicted molar refractivity (Wildman–Crippen MR) is 101 cm³/mol. The Bertz CT molecular complexity index is 248. The Labute approximate surface area is 146 Å². The SMILES string of the molecule is CCCCCCCCC(CN(CC)CC)C(C)(OCC)OCC. The number of hydrogen-bond donors (Lipinski definition) is 0. The Morgan fingerprint density at radius 2 is 1.30 bits per heavy atom. The smallest absolute Gasteiger partial charge is 0.169 e. The minimum absolute atomic E-state index is 0.438. The van der Waals surface area contributed by atoms with Gasteiger partial charge in [0.2, 0.25) is 0 Å². The van der Waals surface area contributed by atoms with Crippen molar-refractivity contribution in [1.82, 2.24) is 4.90 Å². The van der Waals surface area contributed by atoms with Crippen LogP contribution in [0.5, 0.6) is 0 Å². The van der Waals surface area contributed by atoms with E-state index in [4.69, 9.17) is 9.47 Å². The molecule has 0 aromatic heterocycles. The van der Waals surface area contributed by atoms with Crippen LogP contribution in [0.1, 0.15) is 86.5 Å². The molecule has 140 valence electrons. The van der Waals surface area contributed by atoms with Gasteiger partial charge in [-0.3, -0.25) is 0 Å². The third-order valence-corrected chi connectivity index (χ3v) is 4.88. The Morgan fingerprint density at radius 1 is 0.783 bits per heavy atom. The van der Waals surface area contributed by atoms with Gasteiger partial charge in [-0.15, -0.1) is 0 Å². The lowest BCUT2D eigenvalue weighted by Gasteiger charge is -2.39. The van der Waals surface area contributed by atoms with Crippen LogP contribution >= 0.6 is 0 Å². The lowest BCUT2D eigenvalue weighted by atomic mass is 9.91. The summed E-state index contributed by atoms with van der Waals surface area (Å²) in [7, 11) is 0. The molecule has 0 aliphatic rings. The zero-order valence-electron chi connectivity index (χ0n) is 16.8. The van der Waals surface area contributed by atoms with Crippen LogP contribution in [-0.4, -0.2) is 43.5 Å². The molecule has 3 nitrogen and oxygen atoms in total. The van der Waals surface area contributed by atoms with Crippen molar-refractivity contribution >= 4 is 0 Å². The fourth-order valence-electron chi connectivity index (χ4n) is 3.33. The average molecular weight is 330 g/mol. The first-order valence-electron chi connectivity index (χ1n) is 10.1. The minimum atomic E-state index is -0.449. The molecule has 0 fully saturated rings. The van der Waals surface area contributed by atoms with Crippen molar-refractivity contribution in [3.8, 4) is 0 Å². The quantitative estimate of drug-likeness (QED) is 0.276. The molecular formula is C20H43NO2. The summed E-state index contributed by atoms with van der Waals surface area (Å²) in [5, 5.41) is 0. The number of ether oxygens (including phenoxy) is 2. The van der Waals surface area contributed by atoms with E-state index in [0.29, 0.717) is 19.1 Å². The van der Waals surface area contributed by atoms with E-state index in [1.165, 1.54) is 44.9 Å². The van der Waals surface area contributed by atoms with E-state index < -0.39 is 5.79 Å². The second-order valence-corrected chi connectivity index (χ2v) is 6.62. The highest BCUT2D eigenvalue weighted by Crippen LogP contribution is 2.29. The zero-order valence-corrected chi connectivity index (χ0v) is 16.8. The van der Waals surface area contributed by atoms with Gasteiger partial charge in [0.1, 0.15) is 0 Å². The van der Waals surface area contributed by atoms with Crippen molar-refractivity contribution in [2.75, 3.05) is 32.8 Å². The van der Waals surface area contributed by atoms with Crippen molar-refractivity contribution < 1.29 is 9.47 Å². The minimum Gasteiger partial charge on any atom is -0.350 e. The van der Waals surface area contributed by atoms with E-state index in [9.17, 15) is 0 Å². The lowest BCUT2D eigenvalue weighted by Crippen LogP contribution is -2.46. The molecule has 3 heteroatoms. The number of hydrogen-bond acceptors (Lipinski definition) is 3. The van der Waals surface area contributed by atoms with Gasteiger partial charge < -0.3 is 14.4 Å². The van der Waals surface area contributed by atoms with Gasteiger partial charge in [-0.1, -0.05) is 59.3 Å². The summed E-state index contributed by atoms with van der Waals surface area (Å²) in [6, 6.07) is 0. The fraction of sp³-hybridized carbons (Fsp3) is 1.00. The first-order valence-corrected chi connectivity index (χ1v) is 10.1. The van der Waals surface area contributed by atoms with Crippen molar-refractivity contribution in [3.05, 3.63) is 0 Å². The lowest BCUT2D eigenvalue weighted by molar-refractivity contribution is -0.255. The third-order valence-electron chi connectivity index (χ3n) is 4.88. The Hall–Kier alpha value is -0.120. The number of rotatable bonds is 16. The van der Waals surface area contributed by atoms with Gasteiger partial charge in [-0.2, -0.15) is 0 Å². The summed E-state index contributed by atoms with van der Waals surface area (Å²) in [5.41, 5.74) is 0. The molecule has 0 saturated heterocycles. The summed E-state index contributed by atoms with van der Waals surface area (Å²) < 4.78 is 12.1. The molecule has 1 atom stereocenters. The molecule has 1 unspecified atom stereocenters. The monoisotopic (exact) mass is 329 g/mol. The van der Waals surface area contributed by atoms with Crippen molar-refractivity contribution in [3.63, 3.8) is 0 Å². The molecule has 0 aliphatic heterocycles. The Balaban J connectivity index is 4.64. The Kier molecular flexibility index (Phi) is 14.2. The summed E-state index contributed by atoms with van der Waals surface area (Å²) in [5.74, 6) is -0.0105.